The third kappa shape index (κ3) is 3.82. The number of rotatable bonds is 3. The van der Waals surface area contributed by atoms with Crippen molar-refractivity contribution in [2.24, 2.45) is 5.92 Å². The molecule has 1 fully saturated rings. The number of hydrogen-bond donors (Lipinski definition) is 1. The number of piperidine rings is 1. The molecule has 1 saturated heterocycles. The lowest BCUT2D eigenvalue weighted by atomic mass is 9.90. The van der Waals surface area contributed by atoms with E-state index in [1.807, 2.05) is 0 Å². The minimum atomic E-state index is -4.41. The molecule has 110 valence electrons. The molecule has 0 radical (unpaired) electrons. The van der Waals surface area contributed by atoms with Gasteiger partial charge in [0.1, 0.15) is 0 Å². The van der Waals surface area contributed by atoms with E-state index in [0.717, 1.165) is 31.5 Å². The smallest absolute Gasteiger partial charge is 0.314 e. The first-order valence-electron chi connectivity index (χ1n) is 6.80. The van der Waals surface area contributed by atoms with Gasteiger partial charge in [-0.1, -0.05) is 19.1 Å². The molecule has 0 spiro atoms. The topological polar surface area (TPSA) is 29.1 Å². The van der Waals surface area contributed by atoms with E-state index in [4.69, 9.17) is 0 Å². The van der Waals surface area contributed by atoms with Crippen molar-refractivity contribution in [3.8, 4) is 0 Å². The average Bonchev–Trinajstić information content (AvgIpc) is 2.38. The van der Waals surface area contributed by atoms with E-state index in [-0.39, 0.29) is 23.8 Å². The maximum absolute atomic E-state index is 12.6. The highest BCUT2D eigenvalue weighted by Crippen LogP contribution is 2.30. The molecule has 1 aliphatic heterocycles. The van der Waals surface area contributed by atoms with Crippen LogP contribution in [0.5, 0.6) is 0 Å². The van der Waals surface area contributed by atoms with Crippen LogP contribution in [0.15, 0.2) is 24.3 Å². The molecular formula is C15H18F3NO. The van der Waals surface area contributed by atoms with E-state index in [9.17, 15) is 18.0 Å². The highest BCUT2D eigenvalue weighted by Gasteiger charge is 2.31. The van der Waals surface area contributed by atoms with E-state index in [2.05, 4.69) is 12.2 Å². The van der Waals surface area contributed by atoms with Crippen LogP contribution in [0, 0.1) is 5.92 Å². The van der Waals surface area contributed by atoms with Gasteiger partial charge in [-0.2, -0.15) is 13.2 Å². The summed E-state index contributed by atoms with van der Waals surface area (Å²) in [5.74, 6) is 0.318. The lowest BCUT2D eigenvalue weighted by Crippen LogP contribution is -2.38. The lowest BCUT2D eigenvalue weighted by Gasteiger charge is -2.27. The Bertz CT molecular complexity index is 484. The van der Waals surface area contributed by atoms with Gasteiger partial charge in [0.2, 0.25) is 0 Å². The molecule has 1 aromatic carbocycles. The first kappa shape index (κ1) is 15.0. The molecule has 0 amide bonds. The van der Waals surface area contributed by atoms with E-state index >= 15 is 0 Å². The second-order valence-corrected chi connectivity index (χ2v) is 5.49. The molecular weight excluding hydrogens is 267 g/mol. The molecule has 1 aliphatic rings. The van der Waals surface area contributed by atoms with Crippen molar-refractivity contribution in [2.75, 3.05) is 6.54 Å². The summed E-state index contributed by atoms with van der Waals surface area (Å²) in [5.41, 5.74) is -0.631. The van der Waals surface area contributed by atoms with Crippen molar-refractivity contribution in [1.82, 2.24) is 5.32 Å². The standard InChI is InChI=1S/C15H18F3NO/c1-10-5-6-19-13(7-10)9-14(20)11-3-2-4-12(8-11)15(16,17)18/h2-4,8,10,13,19H,5-7,9H2,1H3. The molecule has 20 heavy (non-hydrogen) atoms. The number of carbonyl (C=O) groups excluding carboxylic acids is 1. The Kier molecular flexibility index (Phi) is 4.48. The molecule has 1 N–H and O–H groups in total. The molecule has 2 rings (SSSR count). The van der Waals surface area contributed by atoms with Crippen molar-refractivity contribution >= 4 is 5.78 Å². The maximum Gasteiger partial charge on any atom is 0.416 e. The minimum absolute atomic E-state index is 0.0702. The van der Waals surface area contributed by atoms with Gasteiger partial charge < -0.3 is 5.32 Å². The molecule has 1 aromatic rings. The van der Waals surface area contributed by atoms with Crippen molar-refractivity contribution in [3.63, 3.8) is 0 Å². The van der Waals surface area contributed by atoms with Crippen LogP contribution in [-0.2, 0) is 6.18 Å². The summed E-state index contributed by atoms with van der Waals surface area (Å²) in [7, 11) is 0. The lowest BCUT2D eigenvalue weighted by molar-refractivity contribution is -0.137. The Balaban J connectivity index is 2.05. The highest BCUT2D eigenvalue weighted by atomic mass is 19.4. The van der Waals surface area contributed by atoms with Crippen LogP contribution in [0.25, 0.3) is 0 Å². The predicted octanol–water partition coefficient (Wildman–Crippen LogP) is 3.67. The summed E-state index contributed by atoms with van der Waals surface area (Å²) >= 11 is 0. The Morgan fingerprint density at radius 3 is 2.80 bits per heavy atom. The number of alkyl halides is 3. The summed E-state index contributed by atoms with van der Waals surface area (Å²) < 4.78 is 37.9. The summed E-state index contributed by atoms with van der Waals surface area (Å²) in [4.78, 5) is 12.1. The quantitative estimate of drug-likeness (QED) is 0.859. The number of ketones is 1. The normalized spacial score (nSPS) is 23.6. The van der Waals surface area contributed by atoms with Gasteiger partial charge in [0.25, 0.3) is 0 Å². The molecule has 1 heterocycles. The van der Waals surface area contributed by atoms with E-state index in [1.54, 1.807) is 0 Å². The Hall–Kier alpha value is -1.36. The number of benzene rings is 1. The fourth-order valence-electron chi connectivity index (χ4n) is 2.59. The summed E-state index contributed by atoms with van der Waals surface area (Å²) in [6.07, 6.45) is -2.18. The first-order chi connectivity index (χ1) is 9.36. The number of Topliss-reactive ketones (excluding diaryl/α,β-unsaturated/α-hetero) is 1. The highest BCUT2D eigenvalue weighted by molar-refractivity contribution is 5.96. The number of carbonyl (C=O) groups is 1. The SMILES string of the molecule is CC1CCNC(CC(=O)c2cccc(C(F)(F)F)c2)C1. The van der Waals surface area contributed by atoms with Gasteiger partial charge in [0.05, 0.1) is 5.56 Å². The zero-order valence-corrected chi connectivity index (χ0v) is 11.3. The van der Waals surface area contributed by atoms with Crippen LogP contribution in [0.2, 0.25) is 0 Å². The third-order valence-electron chi connectivity index (χ3n) is 3.70. The second kappa shape index (κ2) is 5.95. The number of nitrogens with one attached hydrogen (secondary N) is 1. The molecule has 0 saturated carbocycles. The van der Waals surface area contributed by atoms with E-state index in [0.29, 0.717) is 5.92 Å². The number of hydrogen-bond acceptors (Lipinski definition) is 2. The van der Waals surface area contributed by atoms with Crippen LogP contribution in [0.3, 0.4) is 0 Å². The molecule has 5 heteroatoms. The first-order valence-corrected chi connectivity index (χ1v) is 6.80. The van der Waals surface area contributed by atoms with Gasteiger partial charge in [-0.25, -0.2) is 0 Å². The third-order valence-corrected chi connectivity index (χ3v) is 3.70. The van der Waals surface area contributed by atoms with Gasteiger partial charge >= 0.3 is 6.18 Å². The zero-order chi connectivity index (χ0) is 14.8. The van der Waals surface area contributed by atoms with Gasteiger partial charge in [0, 0.05) is 18.0 Å². The summed E-state index contributed by atoms with van der Waals surface area (Å²) in [6, 6.07) is 4.73. The summed E-state index contributed by atoms with van der Waals surface area (Å²) in [6.45, 7) is 2.99. The Morgan fingerprint density at radius 2 is 2.15 bits per heavy atom. The van der Waals surface area contributed by atoms with Gasteiger partial charge in [0.15, 0.2) is 5.78 Å². The van der Waals surface area contributed by atoms with Crippen LogP contribution in [0.1, 0.15) is 42.1 Å². The Morgan fingerprint density at radius 1 is 1.40 bits per heavy atom. The van der Waals surface area contributed by atoms with Crippen LogP contribution < -0.4 is 5.32 Å². The average molecular weight is 285 g/mol. The molecule has 2 atom stereocenters. The maximum atomic E-state index is 12.6. The van der Waals surface area contributed by atoms with Crippen molar-refractivity contribution in [1.29, 1.82) is 0 Å². The molecule has 0 bridgehead atoms. The number of halogens is 3. The van der Waals surface area contributed by atoms with Crippen molar-refractivity contribution < 1.29 is 18.0 Å². The van der Waals surface area contributed by atoms with E-state index < -0.39 is 11.7 Å². The van der Waals surface area contributed by atoms with Gasteiger partial charge in [-0.05, 0) is 37.4 Å². The second-order valence-electron chi connectivity index (χ2n) is 5.49. The van der Waals surface area contributed by atoms with Crippen molar-refractivity contribution in [3.05, 3.63) is 35.4 Å². The van der Waals surface area contributed by atoms with Crippen LogP contribution >= 0.6 is 0 Å². The van der Waals surface area contributed by atoms with Crippen LogP contribution in [-0.4, -0.2) is 18.4 Å². The molecule has 0 aromatic heterocycles. The zero-order valence-electron chi connectivity index (χ0n) is 11.3. The van der Waals surface area contributed by atoms with Crippen LogP contribution in [0.4, 0.5) is 13.2 Å². The fraction of sp³-hybridized carbons (Fsp3) is 0.533. The molecule has 2 nitrogen and oxygen atoms in total. The van der Waals surface area contributed by atoms with Gasteiger partial charge in [-0.15, -0.1) is 0 Å². The monoisotopic (exact) mass is 285 g/mol. The molecule has 2 unspecified atom stereocenters. The van der Waals surface area contributed by atoms with Crippen molar-refractivity contribution in [2.45, 2.75) is 38.4 Å². The minimum Gasteiger partial charge on any atom is -0.314 e. The molecule has 0 aliphatic carbocycles. The van der Waals surface area contributed by atoms with Gasteiger partial charge in [-0.3, -0.25) is 4.79 Å². The predicted molar refractivity (Wildman–Crippen MR) is 70.6 cm³/mol. The van der Waals surface area contributed by atoms with E-state index in [1.165, 1.54) is 12.1 Å². The largest absolute Gasteiger partial charge is 0.416 e. The fourth-order valence-corrected chi connectivity index (χ4v) is 2.59. The Labute approximate surface area is 116 Å². The summed E-state index contributed by atoms with van der Waals surface area (Å²) in [5, 5.41) is 3.25.